The van der Waals surface area contributed by atoms with Crippen LogP contribution in [0.2, 0.25) is 0 Å². The molecule has 34 heavy (non-hydrogen) atoms. The lowest BCUT2D eigenvalue weighted by molar-refractivity contribution is -0.167. The van der Waals surface area contributed by atoms with E-state index in [2.05, 4.69) is 0 Å². The molecule has 1 amide bonds. The molecule has 9 heteroatoms. The van der Waals surface area contributed by atoms with Gasteiger partial charge in [0.15, 0.2) is 17.2 Å². The highest BCUT2D eigenvalue weighted by atomic mass is 16.3. The van der Waals surface area contributed by atoms with Crippen LogP contribution in [0.25, 0.3) is 11.1 Å². The number of phenols is 1. The van der Waals surface area contributed by atoms with Gasteiger partial charge in [0, 0.05) is 17.2 Å². The zero-order chi connectivity index (χ0) is 24.5. The second kappa shape index (κ2) is 7.41. The fourth-order valence-electron chi connectivity index (χ4n) is 5.86. The summed E-state index contributed by atoms with van der Waals surface area (Å²) in [6, 6.07) is 10.1. The average Bonchev–Trinajstić information content (AvgIpc) is 2.77. The van der Waals surface area contributed by atoms with Crippen molar-refractivity contribution in [3.05, 3.63) is 58.9 Å². The first kappa shape index (κ1) is 22.1. The smallest absolute Gasteiger partial charge is 0.230 e. The van der Waals surface area contributed by atoms with Crippen molar-refractivity contribution in [3.8, 4) is 16.9 Å². The molecular formula is C25H24N2O7. The van der Waals surface area contributed by atoms with Gasteiger partial charge in [-0.25, -0.2) is 0 Å². The number of fused-ring (bicyclic) bond motifs is 3. The number of aliphatic hydroxyl groups excluding tert-OH is 2. The summed E-state index contributed by atoms with van der Waals surface area (Å²) in [5.41, 5.74) is 11.0. The molecule has 0 aliphatic heterocycles. The number of Topliss-reactive ketones (excluding diaryl/α,β-unsaturated/α-hetero) is 2. The van der Waals surface area contributed by atoms with Gasteiger partial charge >= 0.3 is 0 Å². The van der Waals surface area contributed by atoms with Crippen LogP contribution in [-0.4, -0.2) is 49.6 Å². The molecule has 8 N–H and O–H groups in total. The number of carbonyl (C=O) groups excluding carboxylic acids is 3. The molecule has 0 saturated heterocycles. The number of aromatic hydroxyl groups is 1. The van der Waals surface area contributed by atoms with Gasteiger partial charge < -0.3 is 31.9 Å². The highest BCUT2D eigenvalue weighted by Gasteiger charge is 2.62. The third kappa shape index (κ3) is 2.90. The lowest BCUT2D eigenvalue weighted by Gasteiger charge is -2.48. The fourth-order valence-corrected chi connectivity index (χ4v) is 5.86. The molecule has 3 aliphatic carbocycles. The van der Waals surface area contributed by atoms with E-state index in [1.165, 1.54) is 6.07 Å². The van der Waals surface area contributed by atoms with E-state index in [4.69, 9.17) is 11.5 Å². The Kier molecular flexibility index (Phi) is 4.82. The third-order valence-corrected chi connectivity index (χ3v) is 7.49. The summed E-state index contributed by atoms with van der Waals surface area (Å²) in [7, 11) is 0. The number of nitrogens with two attached hydrogens (primary N) is 2. The van der Waals surface area contributed by atoms with Crippen LogP contribution < -0.4 is 11.5 Å². The standard InChI is InChI=1S/C25H24N2O7/c26-13-3-1-10(2-4-13)14-5-6-16(28)19-15(14)8-11-7-12-9-17(29)20(24(27)33)23(32)25(12,34)22(31)18(11)21(19)30/h1-6,11-12,17,20,28-29,31,34H,7-9,26H2,(H2,27,33)/t11-,12+,17?,20?,25+/m1/s1. The van der Waals surface area contributed by atoms with E-state index >= 15 is 0 Å². The Morgan fingerprint density at radius 2 is 1.71 bits per heavy atom. The summed E-state index contributed by atoms with van der Waals surface area (Å²) in [4.78, 5) is 38.4. The maximum atomic E-state index is 13.6. The number of aliphatic hydroxyl groups is 3. The van der Waals surface area contributed by atoms with E-state index in [1.54, 1.807) is 30.3 Å². The normalized spacial score (nSPS) is 30.4. The molecule has 0 aromatic heterocycles. The van der Waals surface area contributed by atoms with E-state index < -0.39 is 52.7 Å². The van der Waals surface area contributed by atoms with Gasteiger partial charge in [-0.1, -0.05) is 18.2 Å². The average molecular weight is 464 g/mol. The first-order chi connectivity index (χ1) is 16.1. The Balaban J connectivity index is 1.67. The number of rotatable bonds is 2. The first-order valence-electron chi connectivity index (χ1n) is 11.0. The molecule has 3 aliphatic rings. The molecule has 2 unspecified atom stereocenters. The Morgan fingerprint density at radius 3 is 2.35 bits per heavy atom. The highest BCUT2D eigenvalue weighted by Crippen LogP contribution is 2.52. The number of hydrogen-bond acceptors (Lipinski definition) is 8. The van der Waals surface area contributed by atoms with Crippen LogP contribution in [0, 0.1) is 17.8 Å². The summed E-state index contributed by atoms with van der Waals surface area (Å²) in [6.07, 6.45) is -1.17. The molecule has 0 radical (unpaired) electrons. The Labute approximate surface area is 194 Å². The van der Waals surface area contributed by atoms with Gasteiger partial charge in [0.05, 0.1) is 11.7 Å². The van der Waals surface area contributed by atoms with Crippen molar-refractivity contribution in [3.63, 3.8) is 0 Å². The van der Waals surface area contributed by atoms with Crippen molar-refractivity contribution in [1.29, 1.82) is 0 Å². The Morgan fingerprint density at radius 1 is 1.03 bits per heavy atom. The summed E-state index contributed by atoms with van der Waals surface area (Å²) < 4.78 is 0. The minimum atomic E-state index is -2.51. The maximum Gasteiger partial charge on any atom is 0.230 e. The van der Waals surface area contributed by atoms with Gasteiger partial charge in [-0.15, -0.1) is 0 Å². The lowest BCUT2D eigenvalue weighted by Crippen LogP contribution is -2.63. The molecule has 1 saturated carbocycles. The topological polar surface area (TPSA) is 184 Å². The van der Waals surface area contributed by atoms with Gasteiger partial charge in [0.2, 0.25) is 5.91 Å². The van der Waals surface area contributed by atoms with Crippen molar-refractivity contribution in [2.45, 2.75) is 31.0 Å². The summed E-state index contributed by atoms with van der Waals surface area (Å²) in [6.45, 7) is 0. The quantitative estimate of drug-likeness (QED) is 0.281. The predicted molar refractivity (Wildman–Crippen MR) is 121 cm³/mol. The molecule has 0 spiro atoms. The van der Waals surface area contributed by atoms with E-state index in [1.807, 2.05) is 0 Å². The summed E-state index contributed by atoms with van der Waals surface area (Å²) >= 11 is 0. The van der Waals surface area contributed by atoms with Crippen LogP contribution in [-0.2, 0) is 16.0 Å². The summed E-state index contributed by atoms with van der Waals surface area (Å²) in [5, 5.41) is 43.3. The number of anilines is 1. The molecule has 9 nitrogen and oxygen atoms in total. The largest absolute Gasteiger partial charge is 0.508 e. The number of nitrogen functional groups attached to an aromatic ring is 1. The molecule has 0 bridgehead atoms. The van der Waals surface area contributed by atoms with Crippen LogP contribution in [0.5, 0.6) is 5.75 Å². The van der Waals surface area contributed by atoms with Crippen molar-refractivity contribution < 1.29 is 34.8 Å². The van der Waals surface area contributed by atoms with E-state index in [0.29, 0.717) is 16.8 Å². The number of primary amides is 1. The molecule has 5 atom stereocenters. The number of phenolic OH excluding ortho intramolecular Hbond substituents is 1. The highest BCUT2D eigenvalue weighted by molar-refractivity contribution is 6.16. The number of amides is 1. The second-order valence-corrected chi connectivity index (χ2v) is 9.35. The third-order valence-electron chi connectivity index (χ3n) is 7.49. The molecule has 5 rings (SSSR count). The predicted octanol–water partition coefficient (Wildman–Crippen LogP) is 0.995. The monoisotopic (exact) mass is 464 g/mol. The number of hydrogen-bond donors (Lipinski definition) is 6. The van der Waals surface area contributed by atoms with Gasteiger partial charge in [-0.05, 0) is 60.1 Å². The van der Waals surface area contributed by atoms with Crippen molar-refractivity contribution >= 4 is 23.2 Å². The molecule has 2 aromatic carbocycles. The van der Waals surface area contributed by atoms with E-state index in [-0.39, 0.29) is 36.1 Å². The minimum Gasteiger partial charge on any atom is -0.508 e. The van der Waals surface area contributed by atoms with Crippen molar-refractivity contribution in [1.82, 2.24) is 0 Å². The number of benzene rings is 2. The number of carbonyl (C=O) groups is 3. The maximum absolute atomic E-state index is 13.6. The van der Waals surface area contributed by atoms with Crippen LogP contribution in [0.15, 0.2) is 47.7 Å². The van der Waals surface area contributed by atoms with E-state index in [0.717, 1.165) is 5.56 Å². The molecule has 2 aromatic rings. The van der Waals surface area contributed by atoms with Crippen LogP contribution in [0.4, 0.5) is 5.69 Å². The lowest BCUT2D eigenvalue weighted by atomic mass is 9.57. The number of allylic oxidation sites excluding steroid dienone is 1. The van der Waals surface area contributed by atoms with Crippen LogP contribution in [0.1, 0.15) is 28.8 Å². The minimum absolute atomic E-state index is 0.0103. The SMILES string of the molecule is NC(=O)C1C(=O)[C@@]2(O)C(O)=C3C(=O)c4c(O)ccc(-c5ccc(N)cc5)c4C[C@H]3C[C@H]2CC1O. The molecule has 0 heterocycles. The second-order valence-electron chi connectivity index (χ2n) is 9.35. The van der Waals surface area contributed by atoms with Gasteiger partial charge in [0.1, 0.15) is 17.4 Å². The van der Waals surface area contributed by atoms with Gasteiger partial charge in [-0.3, -0.25) is 14.4 Å². The zero-order valence-corrected chi connectivity index (χ0v) is 18.1. The molecule has 176 valence electrons. The zero-order valence-electron chi connectivity index (χ0n) is 18.1. The summed E-state index contributed by atoms with van der Waals surface area (Å²) in [5.74, 6) is -7.22. The number of ketones is 2. The van der Waals surface area contributed by atoms with Gasteiger partial charge in [0.25, 0.3) is 0 Å². The van der Waals surface area contributed by atoms with Crippen LogP contribution >= 0.6 is 0 Å². The molecular weight excluding hydrogens is 440 g/mol. The molecule has 1 fully saturated rings. The van der Waals surface area contributed by atoms with Crippen LogP contribution in [0.3, 0.4) is 0 Å². The Hall–Kier alpha value is -3.69. The van der Waals surface area contributed by atoms with Crippen molar-refractivity contribution in [2.75, 3.05) is 5.73 Å². The van der Waals surface area contributed by atoms with E-state index in [9.17, 15) is 34.8 Å². The van der Waals surface area contributed by atoms with Crippen molar-refractivity contribution in [2.24, 2.45) is 23.5 Å². The fraction of sp³-hybridized carbons (Fsp3) is 0.320. The van der Waals surface area contributed by atoms with Gasteiger partial charge in [-0.2, -0.15) is 0 Å². The first-order valence-corrected chi connectivity index (χ1v) is 11.0. The Bertz CT molecular complexity index is 1280.